The summed E-state index contributed by atoms with van der Waals surface area (Å²) >= 11 is 0. The highest BCUT2D eigenvalue weighted by molar-refractivity contribution is 5.79. The van der Waals surface area contributed by atoms with Gasteiger partial charge in [-0.15, -0.1) is 0 Å². The number of amides is 5. The zero-order valence-electron chi connectivity index (χ0n) is 82.8. The first-order valence-electron chi connectivity index (χ1n) is 50.4. The number of carbonyl (C=O) groups is 8. The molecule has 14 unspecified atom stereocenters. The van der Waals surface area contributed by atoms with Crippen molar-refractivity contribution >= 4 is 47.4 Å². The van der Waals surface area contributed by atoms with Crippen molar-refractivity contribution in [1.82, 2.24) is 26.6 Å². The molecule has 0 spiro atoms. The van der Waals surface area contributed by atoms with E-state index < -0.39 is 363 Å². The van der Waals surface area contributed by atoms with Gasteiger partial charge in [-0.1, -0.05) is 167 Å². The van der Waals surface area contributed by atoms with Crippen LogP contribution in [0.2, 0.25) is 0 Å². The fourth-order valence-corrected chi connectivity index (χ4v) is 19.0. The fraction of sp³-hybridized carbons (Fsp3) is 0.892. The number of nitrogens with one attached hydrogen (secondary N) is 5. The molecule has 0 bridgehead atoms. The van der Waals surface area contributed by atoms with E-state index in [1.807, 2.05) is 0 Å². The van der Waals surface area contributed by atoms with E-state index in [1.165, 1.54) is 70.3 Å². The molecule has 0 saturated carbocycles. The number of carboxylic acid groups (broad SMARTS) is 3. The zero-order chi connectivity index (χ0) is 107. The molecule has 52 nitrogen and oxygen atoms in total. The van der Waals surface area contributed by atoms with Gasteiger partial charge in [0.15, 0.2) is 25.2 Å². The van der Waals surface area contributed by atoms with Gasteiger partial charge in [0.1, 0.15) is 153 Å². The SMILES string of the molecule is CCCCCCCCCCCCC/C=C/[C@@H](O)[C@H](CO[C@@H]1OC(CO)[C@@H](O[C@@H]2OC(CO)[C@H](O[C@@H]3OC(CO[C@]4(C(=O)O)CC(O)[C@@H](NC(C)=O)C([C@H](O)[C@H](O)CO)O4)[C@H](O)[C@H](O[C@@H]4OC(CO)[C@H](O)[C@H](O[C@]5(C(=O)O)CC(O)[C@@H](NC(C)=O)C([C@H](O)[C@H](O)CO)O5)C4O)C3NC(C)=O)[C@H](O[C@]3(C(=O)O)CC(O)[C@@H](NC(C)=O)C([C@H](O)[C@H](O)CO)O3)C2O)[C@H](O)C1O)NC(=O)CCCCCCCCCCCCCCC. The predicted octanol–water partition coefficient (Wildman–Crippen LogP) is -7.48. The summed E-state index contributed by atoms with van der Waals surface area (Å²) in [4.78, 5) is 108. The minimum Gasteiger partial charge on any atom is -0.477 e. The van der Waals surface area contributed by atoms with E-state index in [-0.39, 0.29) is 6.42 Å². The molecule has 52 heteroatoms. The van der Waals surface area contributed by atoms with E-state index in [0.717, 1.165) is 111 Å². The molecule has 840 valence electrons. The quantitative estimate of drug-likeness (QED) is 0.0199. The van der Waals surface area contributed by atoms with E-state index in [9.17, 15) is 166 Å². The van der Waals surface area contributed by atoms with Gasteiger partial charge in [0.05, 0.1) is 101 Å². The highest BCUT2D eigenvalue weighted by atomic mass is 16.8. The van der Waals surface area contributed by atoms with Crippen LogP contribution in [0.15, 0.2) is 12.2 Å². The number of hydrogen-bond acceptors (Lipinski definition) is 44. The Morgan fingerprint density at radius 3 is 1.13 bits per heavy atom. The second-order valence-electron chi connectivity index (χ2n) is 38.5. The van der Waals surface area contributed by atoms with Gasteiger partial charge in [-0.2, -0.15) is 0 Å². The summed E-state index contributed by atoms with van der Waals surface area (Å²) in [5.41, 5.74) is 0. The molecule has 0 aromatic rings. The van der Waals surface area contributed by atoms with Gasteiger partial charge in [-0.3, -0.25) is 24.0 Å². The number of allylic oxidation sites excluding steroid dienone is 1. The molecular formula is C93H161N5O47. The molecule has 7 heterocycles. The number of unbranched alkanes of at least 4 members (excludes halogenated alkanes) is 23. The van der Waals surface area contributed by atoms with Crippen LogP contribution in [0, 0.1) is 0 Å². The second kappa shape index (κ2) is 61.7. The summed E-state index contributed by atoms with van der Waals surface area (Å²) < 4.78 is 85.2. The smallest absolute Gasteiger partial charge is 0.364 e. The molecule has 0 radical (unpaired) electrons. The van der Waals surface area contributed by atoms with Crippen molar-refractivity contribution < 1.29 is 232 Å². The molecule has 5 amide bonds. The lowest BCUT2D eigenvalue weighted by Crippen LogP contribution is -2.73. The molecular weight excluding hydrogens is 1940 g/mol. The van der Waals surface area contributed by atoms with Gasteiger partial charge in [-0.05, 0) is 19.3 Å². The van der Waals surface area contributed by atoms with Crippen molar-refractivity contribution in [2.24, 2.45) is 0 Å². The predicted molar refractivity (Wildman–Crippen MR) is 492 cm³/mol. The molecule has 0 aliphatic carbocycles. The Bertz CT molecular complexity index is 3880. The summed E-state index contributed by atoms with van der Waals surface area (Å²) in [6, 6.07) is -9.38. The fourth-order valence-electron chi connectivity index (χ4n) is 19.0. The van der Waals surface area contributed by atoms with Crippen LogP contribution in [-0.4, -0.2) is 472 Å². The van der Waals surface area contributed by atoms with Gasteiger partial charge >= 0.3 is 17.9 Å². The number of carbonyl (C=O) groups excluding carboxylic acids is 5. The molecule has 7 saturated heterocycles. The van der Waals surface area contributed by atoms with Crippen LogP contribution >= 0.6 is 0 Å². The van der Waals surface area contributed by atoms with Gasteiger partial charge in [0, 0.05) is 53.4 Å². The molecule has 145 heavy (non-hydrogen) atoms. The molecule has 7 fully saturated rings. The Kier molecular flexibility index (Phi) is 53.6. The van der Waals surface area contributed by atoms with Crippen LogP contribution in [0.1, 0.15) is 228 Å². The third kappa shape index (κ3) is 35.3. The van der Waals surface area contributed by atoms with E-state index in [0.29, 0.717) is 12.8 Å². The second-order valence-corrected chi connectivity index (χ2v) is 38.5. The van der Waals surface area contributed by atoms with Gasteiger partial charge in [0.2, 0.25) is 29.5 Å². The summed E-state index contributed by atoms with van der Waals surface area (Å²) in [6.45, 7) is -2.38. The first-order valence-corrected chi connectivity index (χ1v) is 50.4. The highest BCUT2D eigenvalue weighted by Crippen LogP contribution is 2.45. The van der Waals surface area contributed by atoms with Crippen molar-refractivity contribution in [2.45, 2.75) is 471 Å². The lowest BCUT2D eigenvalue weighted by Gasteiger charge is -2.53. The zero-order valence-corrected chi connectivity index (χ0v) is 82.8. The first-order chi connectivity index (χ1) is 68.8. The van der Waals surface area contributed by atoms with E-state index in [2.05, 4.69) is 40.4 Å². The number of rotatable bonds is 64. The third-order valence-electron chi connectivity index (χ3n) is 27.1. The average molecular weight is 2100 g/mol. The number of hydrogen-bond donors (Lipinski definition) is 30. The van der Waals surface area contributed by atoms with Crippen molar-refractivity contribution in [3.8, 4) is 0 Å². The van der Waals surface area contributed by atoms with Crippen LogP contribution in [-0.2, 0) is 105 Å². The molecule has 0 aromatic carbocycles. The summed E-state index contributed by atoms with van der Waals surface area (Å²) in [5, 5.41) is 298. The van der Waals surface area contributed by atoms with Crippen LogP contribution in [0.5, 0.6) is 0 Å². The van der Waals surface area contributed by atoms with E-state index in [1.54, 1.807) is 6.08 Å². The monoisotopic (exact) mass is 2100 g/mol. The molecule has 7 aliphatic rings. The molecule has 0 aromatic heterocycles. The van der Waals surface area contributed by atoms with Crippen LogP contribution < -0.4 is 26.6 Å². The normalized spacial score (nSPS) is 35.8. The van der Waals surface area contributed by atoms with Crippen molar-refractivity contribution in [3.63, 3.8) is 0 Å². The van der Waals surface area contributed by atoms with Gasteiger partial charge in [0.25, 0.3) is 17.4 Å². The van der Waals surface area contributed by atoms with Crippen molar-refractivity contribution in [1.29, 1.82) is 0 Å². The lowest BCUT2D eigenvalue weighted by molar-refractivity contribution is -0.406. The van der Waals surface area contributed by atoms with Crippen LogP contribution in [0.4, 0.5) is 0 Å². The minimum atomic E-state index is -3.67. The number of carboxylic acids is 3. The Hall–Kier alpha value is -5.94. The largest absolute Gasteiger partial charge is 0.477 e. The van der Waals surface area contributed by atoms with Crippen molar-refractivity contribution in [2.75, 3.05) is 52.9 Å². The van der Waals surface area contributed by atoms with Gasteiger partial charge < -0.3 is 221 Å². The molecule has 40 atom stereocenters. The van der Waals surface area contributed by atoms with Crippen LogP contribution in [0.25, 0.3) is 0 Å². The number of aliphatic hydroxyl groups is 22. The Balaban J connectivity index is 1.30. The highest BCUT2D eigenvalue weighted by Gasteiger charge is 2.66. The van der Waals surface area contributed by atoms with Gasteiger partial charge in [-0.25, -0.2) is 14.4 Å². The minimum absolute atomic E-state index is 0.0457. The summed E-state index contributed by atoms with van der Waals surface area (Å²) in [7, 11) is 0. The Morgan fingerprint density at radius 2 is 0.717 bits per heavy atom. The maximum atomic E-state index is 14.4. The maximum absolute atomic E-state index is 14.4. The summed E-state index contributed by atoms with van der Waals surface area (Å²) in [5.74, 6) is -22.0. The first kappa shape index (κ1) is 126. The third-order valence-corrected chi connectivity index (χ3v) is 27.1. The topological polar surface area (TPSA) is 832 Å². The Morgan fingerprint density at radius 1 is 0.372 bits per heavy atom. The Labute approximate surface area is 839 Å². The van der Waals surface area contributed by atoms with E-state index >= 15 is 0 Å². The lowest BCUT2D eigenvalue weighted by atomic mass is 9.88. The maximum Gasteiger partial charge on any atom is 0.364 e. The number of aliphatic carboxylic acids is 3. The summed E-state index contributed by atoms with van der Waals surface area (Å²) in [6.07, 6.45) is -51.6. The number of aliphatic hydroxyl groups excluding tert-OH is 22. The molecule has 7 rings (SSSR count). The van der Waals surface area contributed by atoms with Crippen molar-refractivity contribution in [3.05, 3.63) is 12.2 Å². The molecule has 7 aliphatic heterocycles. The van der Waals surface area contributed by atoms with E-state index in [4.69, 9.17) is 66.3 Å². The molecule has 30 N–H and O–H groups in total. The average Bonchev–Trinajstić information content (AvgIpc) is 0.740. The number of ether oxygens (including phenoxy) is 14. The standard InChI is InChI=1S/C93H161N5O47/c1-7-9-11-13-15-17-19-21-23-25-27-29-31-33-51(109)50(98-62(116)34-32-30-28-26-24-22-20-18-16-14-12-10-8-2)44-132-85-73(123)72(122)76(59(42-103)135-85)138-87-75(125)83(145-93(90(130)131)37-54(112)65(96-48(5)107)81(143-93)69(119)57(115)40-101)77(60(43-104)136-87)139-84-66(97-49(6)108)78(71(121)61(137-84)45-133-91(88(126)127)35-52(110)63(94-46(3)105)79(141-91)67(117)55(113)38-99)140-86-74(124)82(70(120)58(41-102)134-86)144-92(89(128)129)36-53(111)64(95-47(4)106)80(142-92)68(118)56(114)39-100/h31,33,50-61,63-87,99-104,109-115,117-125H,7-30,32,34-45H2,1-6H3,(H,94,105)(H,95,106)(H,96,107)(H,97,108)(H,98,116)(H,126,127)(H,128,129)(H,130,131)/b33-31+/t50-,51+,52?,53?,54?,55+,56+,57+,58?,59?,60?,61?,63+,64+,65+,66?,67+,68+,69+,70-,71-,72+,73?,74?,75?,76+,77-,78+,79?,80?,81?,82-,83+,84-,85+,86-,87-,91+,92-,93-/m0/s1. The van der Waals surface area contributed by atoms with Crippen LogP contribution in [0.3, 0.4) is 0 Å².